The molecule has 0 aliphatic carbocycles. The molecule has 0 bridgehead atoms. The number of aromatic nitrogens is 1. The number of piperazine rings is 1. The second kappa shape index (κ2) is 7.09. The minimum Gasteiger partial charge on any atom is -0.390 e. The minimum absolute atomic E-state index is 0.105. The third kappa shape index (κ3) is 3.52. The second-order valence-corrected chi connectivity index (χ2v) is 7.11. The van der Waals surface area contributed by atoms with Gasteiger partial charge in [-0.25, -0.2) is 4.98 Å². The van der Waals surface area contributed by atoms with Gasteiger partial charge in [-0.05, 0) is 32.0 Å². The number of rotatable bonds is 2. The summed E-state index contributed by atoms with van der Waals surface area (Å²) in [6.45, 7) is 2.56. The van der Waals surface area contributed by atoms with Crippen molar-refractivity contribution in [3.63, 3.8) is 0 Å². The highest BCUT2D eigenvalue weighted by Crippen LogP contribution is 2.32. The SMILES string of the molecule is CN1CC[C@@]2(CCC1=O)CN(C(=O)c1cccc(CO)n1)CCN2C. The summed E-state index contributed by atoms with van der Waals surface area (Å²) in [5, 5.41) is 9.24. The van der Waals surface area contributed by atoms with Crippen LogP contribution in [0.2, 0.25) is 0 Å². The van der Waals surface area contributed by atoms with Crippen molar-refractivity contribution in [2.24, 2.45) is 0 Å². The largest absolute Gasteiger partial charge is 0.390 e. The van der Waals surface area contributed by atoms with Gasteiger partial charge in [0.15, 0.2) is 0 Å². The smallest absolute Gasteiger partial charge is 0.272 e. The first-order valence-corrected chi connectivity index (χ1v) is 8.76. The number of aliphatic hydroxyl groups excluding tert-OH is 1. The van der Waals surface area contributed by atoms with Crippen LogP contribution in [-0.4, -0.2) is 82.4 Å². The standard InChI is InChI=1S/C18H26N4O3/c1-20-9-8-18(7-6-16(20)24)13-22(11-10-21(18)2)17(25)15-5-3-4-14(12-23)19-15/h3-5,23H,6-13H2,1-2H3/t18-/m0/s1. The van der Waals surface area contributed by atoms with Crippen molar-refractivity contribution in [2.75, 3.05) is 40.3 Å². The molecule has 1 aromatic rings. The fourth-order valence-corrected chi connectivity index (χ4v) is 3.78. The monoisotopic (exact) mass is 346 g/mol. The lowest BCUT2D eigenvalue weighted by molar-refractivity contribution is -0.129. The van der Waals surface area contributed by atoms with E-state index in [2.05, 4.69) is 16.9 Å². The summed E-state index contributed by atoms with van der Waals surface area (Å²) in [4.78, 5) is 35.1. The average molecular weight is 346 g/mol. The Hall–Kier alpha value is -1.99. The van der Waals surface area contributed by atoms with E-state index in [0.717, 1.165) is 19.4 Å². The van der Waals surface area contributed by atoms with Crippen molar-refractivity contribution >= 4 is 11.8 Å². The lowest BCUT2D eigenvalue weighted by atomic mass is 9.86. The Labute approximate surface area is 148 Å². The Kier molecular flexibility index (Phi) is 5.06. The van der Waals surface area contributed by atoms with Crippen LogP contribution in [0.1, 0.15) is 35.4 Å². The molecule has 2 aliphatic rings. The molecule has 0 saturated carbocycles. The fraction of sp³-hybridized carbons (Fsp3) is 0.611. The Balaban J connectivity index is 1.80. The lowest BCUT2D eigenvalue weighted by Gasteiger charge is -2.49. The third-order valence-electron chi connectivity index (χ3n) is 5.62. The maximum atomic E-state index is 12.9. The molecular formula is C18H26N4O3. The average Bonchev–Trinajstić information content (AvgIpc) is 2.78. The van der Waals surface area contributed by atoms with Gasteiger partial charge in [-0.2, -0.15) is 0 Å². The molecule has 2 amide bonds. The molecule has 3 rings (SSSR count). The molecule has 2 aliphatic heterocycles. The highest BCUT2D eigenvalue weighted by atomic mass is 16.3. The molecule has 0 unspecified atom stereocenters. The summed E-state index contributed by atoms with van der Waals surface area (Å²) in [5.41, 5.74) is 0.701. The van der Waals surface area contributed by atoms with Crippen molar-refractivity contribution in [2.45, 2.75) is 31.4 Å². The van der Waals surface area contributed by atoms with E-state index in [1.165, 1.54) is 0 Å². The van der Waals surface area contributed by atoms with Gasteiger partial charge in [0.1, 0.15) is 5.69 Å². The normalized spacial score (nSPS) is 25.3. The molecule has 0 aromatic carbocycles. The van der Waals surface area contributed by atoms with Crippen LogP contribution in [-0.2, 0) is 11.4 Å². The van der Waals surface area contributed by atoms with Crippen molar-refractivity contribution in [3.05, 3.63) is 29.6 Å². The summed E-state index contributed by atoms with van der Waals surface area (Å²) >= 11 is 0. The maximum absolute atomic E-state index is 12.9. The molecule has 3 heterocycles. The first-order valence-electron chi connectivity index (χ1n) is 8.76. The zero-order chi connectivity index (χ0) is 18.0. The summed E-state index contributed by atoms with van der Waals surface area (Å²) in [6, 6.07) is 5.14. The number of aliphatic hydroxyl groups is 1. The van der Waals surface area contributed by atoms with Crippen molar-refractivity contribution in [1.29, 1.82) is 0 Å². The van der Waals surface area contributed by atoms with Gasteiger partial charge in [0.25, 0.3) is 5.91 Å². The number of hydrogen-bond donors (Lipinski definition) is 1. The van der Waals surface area contributed by atoms with Crippen molar-refractivity contribution in [1.82, 2.24) is 19.7 Å². The quantitative estimate of drug-likeness (QED) is 0.836. The molecule has 7 nitrogen and oxygen atoms in total. The van der Waals surface area contributed by atoms with E-state index in [1.54, 1.807) is 23.1 Å². The Bertz CT molecular complexity index is 665. The molecule has 2 saturated heterocycles. The Morgan fingerprint density at radius 2 is 2.04 bits per heavy atom. The fourth-order valence-electron chi connectivity index (χ4n) is 3.78. The Morgan fingerprint density at radius 1 is 1.24 bits per heavy atom. The number of likely N-dealkylation sites (tertiary alicyclic amines) is 1. The van der Waals surface area contributed by atoms with Crippen LogP contribution >= 0.6 is 0 Å². The van der Waals surface area contributed by atoms with Gasteiger partial charge in [0, 0.05) is 45.2 Å². The van der Waals surface area contributed by atoms with Crippen LogP contribution in [0.4, 0.5) is 0 Å². The van der Waals surface area contributed by atoms with Crippen LogP contribution in [0.5, 0.6) is 0 Å². The van der Waals surface area contributed by atoms with E-state index in [0.29, 0.717) is 37.4 Å². The highest BCUT2D eigenvalue weighted by molar-refractivity contribution is 5.92. The molecular weight excluding hydrogens is 320 g/mol. The van der Waals surface area contributed by atoms with Crippen LogP contribution in [0.25, 0.3) is 0 Å². The number of amides is 2. The van der Waals surface area contributed by atoms with Gasteiger partial charge >= 0.3 is 0 Å². The van der Waals surface area contributed by atoms with E-state index in [1.807, 2.05) is 11.9 Å². The van der Waals surface area contributed by atoms with E-state index >= 15 is 0 Å². The first-order chi connectivity index (χ1) is 11.9. The molecule has 0 radical (unpaired) electrons. The van der Waals surface area contributed by atoms with Gasteiger partial charge in [-0.1, -0.05) is 6.07 Å². The van der Waals surface area contributed by atoms with E-state index in [4.69, 9.17) is 0 Å². The molecule has 136 valence electrons. The van der Waals surface area contributed by atoms with E-state index in [9.17, 15) is 14.7 Å². The van der Waals surface area contributed by atoms with Crippen LogP contribution in [0, 0.1) is 0 Å². The maximum Gasteiger partial charge on any atom is 0.272 e. The molecule has 1 atom stereocenters. The summed E-state index contributed by atoms with van der Waals surface area (Å²) in [5.74, 6) is 0.0674. The Morgan fingerprint density at radius 3 is 2.80 bits per heavy atom. The molecule has 7 heteroatoms. The number of pyridine rings is 1. The van der Waals surface area contributed by atoms with Gasteiger partial charge in [-0.15, -0.1) is 0 Å². The number of carbonyl (C=O) groups excluding carboxylic acids is 2. The second-order valence-electron chi connectivity index (χ2n) is 7.11. The first kappa shape index (κ1) is 17.8. The lowest BCUT2D eigenvalue weighted by Crippen LogP contribution is -2.62. The minimum atomic E-state index is -0.178. The zero-order valence-electron chi connectivity index (χ0n) is 14.9. The summed E-state index contributed by atoms with van der Waals surface area (Å²) in [6.07, 6.45) is 2.14. The van der Waals surface area contributed by atoms with Gasteiger partial charge in [-0.3, -0.25) is 14.5 Å². The third-order valence-corrected chi connectivity index (χ3v) is 5.62. The predicted octanol–water partition coefficient (Wildman–Crippen LogP) is 0.343. The highest BCUT2D eigenvalue weighted by Gasteiger charge is 2.43. The number of likely N-dealkylation sites (N-methyl/N-ethyl adjacent to an activating group) is 1. The predicted molar refractivity (Wildman–Crippen MR) is 92.9 cm³/mol. The molecule has 1 spiro atoms. The van der Waals surface area contributed by atoms with Gasteiger partial charge in [0.05, 0.1) is 12.3 Å². The zero-order valence-corrected chi connectivity index (χ0v) is 14.9. The van der Waals surface area contributed by atoms with Crippen molar-refractivity contribution < 1.29 is 14.7 Å². The summed E-state index contributed by atoms with van der Waals surface area (Å²) < 4.78 is 0. The summed E-state index contributed by atoms with van der Waals surface area (Å²) in [7, 11) is 3.93. The number of carbonyl (C=O) groups is 2. The molecule has 1 aromatic heterocycles. The topological polar surface area (TPSA) is 77.0 Å². The number of hydrogen-bond acceptors (Lipinski definition) is 5. The van der Waals surface area contributed by atoms with E-state index < -0.39 is 0 Å². The van der Waals surface area contributed by atoms with Crippen molar-refractivity contribution in [3.8, 4) is 0 Å². The van der Waals surface area contributed by atoms with Crippen LogP contribution in [0.3, 0.4) is 0 Å². The van der Waals surface area contributed by atoms with Crippen LogP contribution in [0.15, 0.2) is 18.2 Å². The van der Waals surface area contributed by atoms with Gasteiger partial charge < -0.3 is 14.9 Å². The molecule has 2 fully saturated rings. The van der Waals surface area contributed by atoms with E-state index in [-0.39, 0.29) is 24.0 Å². The number of nitrogens with zero attached hydrogens (tertiary/aromatic N) is 4. The van der Waals surface area contributed by atoms with Crippen LogP contribution < -0.4 is 0 Å². The van der Waals surface area contributed by atoms with Gasteiger partial charge in [0.2, 0.25) is 5.91 Å². The molecule has 25 heavy (non-hydrogen) atoms. The molecule has 1 N–H and O–H groups in total.